The molecule has 0 aliphatic carbocycles. The fraction of sp³-hybridized carbons (Fsp3) is 0.310. The number of hydrogen-bond acceptors (Lipinski definition) is 2. The molecule has 0 fully saturated rings. The van der Waals surface area contributed by atoms with Crippen LogP contribution in [0.4, 0.5) is 34.1 Å². The molecule has 0 spiro atoms. The van der Waals surface area contributed by atoms with Crippen LogP contribution in [-0.2, 0) is 44.8 Å². The fourth-order valence-corrected chi connectivity index (χ4v) is 18.3. The van der Waals surface area contributed by atoms with Gasteiger partial charge in [0.2, 0.25) is 0 Å². The van der Waals surface area contributed by atoms with Crippen LogP contribution >= 0.6 is 0 Å². The summed E-state index contributed by atoms with van der Waals surface area (Å²) in [4.78, 5) is 4.58. The summed E-state index contributed by atoms with van der Waals surface area (Å²) in [6, 6.07) is 49.2. The smallest absolute Gasteiger partial charge is 0.252 e. The normalized spacial score (nSPS) is 16.1. The number of aromatic nitrogens is 2. The Hall–Kier alpha value is -10.9. The molecule has 0 amide bonds. The number of benzene rings is 13. The molecule has 4 nitrogen and oxygen atoms in total. The summed E-state index contributed by atoms with van der Waals surface area (Å²) in [5.74, 6) is 0. The van der Waals surface area contributed by atoms with Crippen molar-refractivity contribution in [3.63, 3.8) is 0 Å². The van der Waals surface area contributed by atoms with Crippen LogP contribution in [-0.4, -0.2) is 15.8 Å². The van der Waals surface area contributed by atoms with Gasteiger partial charge in [0, 0.05) is 83.4 Å². The van der Waals surface area contributed by atoms with Gasteiger partial charge in [-0.3, -0.25) is 0 Å². The van der Waals surface area contributed by atoms with Crippen LogP contribution in [0.1, 0.15) is 212 Å². The summed E-state index contributed by atoms with van der Waals surface area (Å²) in [7, 11) is 0. The van der Waals surface area contributed by atoms with E-state index in [0.29, 0.717) is 111 Å². The molecule has 0 N–H and O–H groups in total. The van der Waals surface area contributed by atoms with E-state index in [9.17, 15) is 27.4 Å². The summed E-state index contributed by atoms with van der Waals surface area (Å²) in [5, 5.41) is -0.472. The average molecular weight is 1570 g/mol. The van der Waals surface area contributed by atoms with Gasteiger partial charge in [-0.1, -0.05) is 327 Å². The molecule has 118 heavy (non-hydrogen) atoms. The van der Waals surface area contributed by atoms with Crippen molar-refractivity contribution >= 4 is 101 Å². The molecular formula is C113H121BN4. The molecule has 0 bridgehead atoms. The molecule has 596 valence electrons. The predicted octanol–water partition coefficient (Wildman–Crippen LogP) is 29.8. The largest absolute Gasteiger partial charge is 0.310 e. The highest BCUT2D eigenvalue weighted by molar-refractivity contribution is 7.00. The minimum atomic E-state index is -2.04. The molecule has 4 heterocycles. The van der Waals surface area contributed by atoms with Crippen molar-refractivity contribution in [2.45, 2.75) is 190 Å². The lowest BCUT2D eigenvalue weighted by atomic mass is 9.33. The highest BCUT2D eigenvalue weighted by atomic mass is 15.2. The van der Waals surface area contributed by atoms with Crippen molar-refractivity contribution in [3.05, 3.63) is 305 Å². The van der Waals surface area contributed by atoms with Gasteiger partial charge in [-0.2, -0.15) is 0 Å². The second kappa shape index (κ2) is 29.6. The number of para-hydroxylation sites is 4. The first-order valence-corrected chi connectivity index (χ1v) is 41.8. The predicted molar refractivity (Wildman–Crippen MR) is 513 cm³/mol. The van der Waals surface area contributed by atoms with Crippen molar-refractivity contribution < 1.29 is 27.4 Å². The van der Waals surface area contributed by atoms with Gasteiger partial charge in [0.05, 0.1) is 55.4 Å². The van der Waals surface area contributed by atoms with Gasteiger partial charge < -0.3 is 18.9 Å². The molecule has 15 aromatic rings. The third-order valence-corrected chi connectivity index (χ3v) is 22.0. The van der Waals surface area contributed by atoms with Crippen molar-refractivity contribution in [2.75, 3.05) is 9.80 Å². The summed E-state index contributed by atoms with van der Waals surface area (Å²) in [5.41, 5.74) is 13.4. The zero-order valence-corrected chi connectivity index (χ0v) is 72.6. The standard InChI is InChI=1S/C113H121BN4/c1-107(2,3)66-73-34-30-38-80(54-73)90-58-77(70-111(13,14)15)59-91(81-39-31-35-74(55-81)67-108(4,5)6)105(90)117-100-64-84(115-96-46-26-22-42-86(96)87-43-23-27-47-97(87)115)50-52-94(100)114-95-53-51-85(116-98-48-28-24-44-88(98)89-45-25-29-49-99(89)116)65-101(95)118(103-63-79(72-113(19,20)21)62-102(117)104(103)114)106-92(82-40-32-36-75(56-82)68-109(7,8)9)60-78(71-112(16,17)18)61-93(106)83-41-33-37-76(57-83)69-110(10,11)12/h22-65H,66-72H2,1-21H3/i22D,23D,24D,25D,26D,27D,28D,29D,42D,43D,44D,45D,46D,47D,48D,49D,70D2,71D2. The first-order valence-electron chi connectivity index (χ1n) is 51.8. The Morgan fingerprint density at radius 2 is 0.542 bits per heavy atom. The van der Waals surface area contributed by atoms with Crippen molar-refractivity contribution in [3.8, 4) is 55.9 Å². The fourth-order valence-electron chi connectivity index (χ4n) is 18.3. The minimum Gasteiger partial charge on any atom is -0.310 e. The van der Waals surface area contributed by atoms with E-state index in [2.05, 4.69) is 223 Å². The molecule has 0 saturated carbocycles. The van der Waals surface area contributed by atoms with Gasteiger partial charge in [0.15, 0.2) is 0 Å². The highest BCUT2D eigenvalue weighted by Crippen LogP contribution is 2.56. The Morgan fingerprint density at radius 3 is 0.814 bits per heavy atom. The van der Waals surface area contributed by atoms with E-state index < -0.39 is 132 Å². The lowest BCUT2D eigenvalue weighted by molar-refractivity contribution is 0.410. The van der Waals surface area contributed by atoms with Gasteiger partial charge in [0.1, 0.15) is 0 Å². The molecule has 0 unspecified atom stereocenters. The van der Waals surface area contributed by atoms with Crippen molar-refractivity contribution in [2.24, 2.45) is 37.9 Å². The topological polar surface area (TPSA) is 16.3 Å². The summed E-state index contributed by atoms with van der Waals surface area (Å²) < 4.78 is 200. The maximum Gasteiger partial charge on any atom is 0.252 e. The molecule has 17 rings (SSSR count). The van der Waals surface area contributed by atoms with E-state index in [-0.39, 0.29) is 76.6 Å². The van der Waals surface area contributed by atoms with E-state index >= 15 is 0 Å². The Bertz CT molecular complexity index is 6890. The number of fused-ring (bicyclic) bond motifs is 10. The Labute approximate surface area is 733 Å². The highest BCUT2D eigenvalue weighted by Gasteiger charge is 2.47. The van der Waals surface area contributed by atoms with Crippen molar-refractivity contribution in [1.29, 1.82) is 0 Å². The van der Waals surface area contributed by atoms with Crippen LogP contribution in [0.2, 0.25) is 0 Å². The van der Waals surface area contributed by atoms with Gasteiger partial charge in [-0.05, 0) is 245 Å². The number of nitrogens with zero attached hydrogens (tertiary/aromatic N) is 4. The van der Waals surface area contributed by atoms with E-state index in [0.717, 1.165) is 55.5 Å². The monoisotopic (exact) mass is 1570 g/mol. The Balaban J connectivity index is 1.16. The molecular weight excluding hydrogens is 1420 g/mol. The summed E-state index contributed by atoms with van der Waals surface area (Å²) in [6.07, 6.45) is -1.06. The second-order valence-corrected chi connectivity index (χ2v) is 41.3. The second-order valence-electron chi connectivity index (χ2n) is 41.3. The molecule has 0 radical (unpaired) electrons. The molecule has 0 saturated heterocycles. The molecule has 2 aliphatic heterocycles. The Kier molecular flexibility index (Phi) is 14.8. The lowest BCUT2D eigenvalue weighted by Crippen LogP contribution is -2.61. The van der Waals surface area contributed by atoms with Gasteiger partial charge >= 0.3 is 0 Å². The number of anilines is 6. The first-order chi connectivity index (χ1) is 64.0. The average Bonchev–Trinajstić information content (AvgIpc) is 0.916. The molecule has 2 aromatic heterocycles. The number of hydrogen-bond donors (Lipinski definition) is 0. The van der Waals surface area contributed by atoms with E-state index in [1.54, 1.807) is 9.13 Å². The molecule has 2 aliphatic rings. The molecule has 13 aromatic carbocycles. The maximum absolute atomic E-state index is 10.6. The van der Waals surface area contributed by atoms with Gasteiger partial charge in [0.25, 0.3) is 6.71 Å². The third kappa shape index (κ3) is 16.1. The summed E-state index contributed by atoms with van der Waals surface area (Å²) in [6.45, 7) is 43.5. The van der Waals surface area contributed by atoms with E-state index in [1.807, 2.05) is 102 Å². The zero-order valence-electron chi connectivity index (χ0n) is 92.6. The van der Waals surface area contributed by atoms with Crippen molar-refractivity contribution in [1.82, 2.24) is 9.13 Å². The van der Waals surface area contributed by atoms with E-state index in [1.165, 1.54) is 0 Å². The van der Waals surface area contributed by atoms with Gasteiger partial charge in [-0.15, -0.1) is 0 Å². The van der Waals surface area contributed by atoms with Crippen LogP contribution in [0, 0.1) is 37.9 Å². The van der Waals surface area contributed by atoms with Crippen LogP contribution in [0.5, 0.6) is 0 Å². The quantitative estimate of drug-likeness (QED) is 0.0951. The van der Waals surface area contributed by atoms with Crippen LogP contribution in [0.15, 0.2) is 267 Å². The molecule has 5 heteroatoms. The zero-order chi connectivity index (χ0) is 101. The Morgan fingerprint density at radius 1 is 0.271 bits per heavy atom. The molecule has 0 atom stereocenters. The summed E-state index contributed by atoms with van der Waals surface area (Å²) >= 11 is 0. The van der Waals surface area contributed by atoms with Gasteiger partial charge in [-0.25, -0.2) is 0 Å². The first kappa shape index (κ1) is 58.9. The number of rotatable bonds is 15. The van der Waals surface area contributed by atoms with Crippen LogP contribution in [0.3, 0.4) is 0 Å². The maximum atomic E-state index is 10.6. The van der Waals surface area contributed by atoms with Crippen LogP contribution in [0.25, 0.3) is 99.5 Å². The minimum absolute atomic E-state index is 0.103. The third-order valence-electron chi connectivity index (χ3n) is 22.0. The van der Waals surface area contributed by atoms with Crippen LogP contribution < -0.4 is 26.2 Å². The van der Waals surface area contributed by atoms with E-state index in [4.69, 9.17) is 0 Å². The SMILES string of the molecule is [2H]c1c([2H])c([2H])c2c(c1[2H])c1c([2H])c([2H])c([2H])c([2H])c1n2-c1ccc2c(c1)N(c1c(-c3cccc(CC(C)(C)C)c3)cc(C([2H])([2H])C(C)(C)C)cc1-c1cccc(CC(C)(C)C)c1)c1cc(CC(C)(C)C)cc3c1B2c1ccc(-n2c4c([2H])c([2H])c([2H])c([2H])c4c4c([2H])c([2H])c([2H])c([2H])c42)cc1N3c1c(-c2cccc(CC(C)(C)C)c2)cc(C([2H])([2H])C(C)(C)C)cc1-c1cccc(CC(C)(C)C)c1. The lowest BCUT2D eigenvalue weighted by Gasteiger charge is -2.46.